The van der Waals surface area contributed by atoms with Crippen molar-refractivity contribution in [2.75, 3.05) is 13.6 Å². The lowest BCUT2D eigenvalue weighted by Crippen LogP contribution is -2.19. The Bertz CT molecular complexity index is 46.3. The van der Waals surface area contributed by atoms with Gasteiger partial charge in [0.15, 0.2) is 0 Å². The van der Waals surface area contributed by atoms with E-state index < -0.39 is 6.17 Å². The molecule has 0 saturated heterocycles. The molecule has 0 bridgehead atoms. The fourth-order valence-electron chi connectivity index (χ4n) is 0.637. The number of hydrogen-bond donors (Lipinski definition) is 1. The van der Waals surface area contributed by atoms with Crippen LogP contribution < -0.4 is 5.32 Å². The van der Waals surface area contributed by atoms with Gasteiger partial charge in [-0.05, 0) is 13.5 Å². The lowest BCUT2D eigenvalue weighted by molar-refractivity contribution is 0.305. The molecule has 0 radical (unpaired) electrons. The zero-order valence-corrected chi connectivity index (χ0v) is 6.80. The Morgan fingerprint density at radius 1 is 1.56 bits per heavy atom. The van der Waals surface area contributed by atoms with Crippen LogP contribution in [0, 0.1) is 0 Å². The Morgan fingerprint density at radius 2 is 2.11 bits per heavy atom. The Labute approximate surface area is 62.4 Å². The Balaban J connectivity index is 0. The van der Waals surface area contributed by atoms with Crippen molar-refractivity contribution in [3.05, 3.63) is 0 Å². The molecule has 0 aliphatic rings. The van der Waals surface area contributed by atoms with Crippen LogP contribution in [-0.4, -0.2) is 19.8 Å². The van der Waals surface area contributed by atoms with Gasteiger partial charge in [0.05, 0.1) is 0 Å². The first-order valence-electron chi connectivity index (χ1n) is 3.10. The van der Waals surface area contributed by atoms with Crippen LogP contribution in [0.25, 0.3) is 0 Å². The third kappa shape index (κ3) is 8.18. The molecule has 0 spiro atoms. The predicted molar refractivity (Wildman–Crippen MR) is 41.0 cm³/mol. The van der Waals surface area contributed by atoms with E-state index in [4.69, 9.17) is 0 Å². The van der Waals surface area contributed by atoms with Crippen LogP contribution in [0.4, 0.5) is 4.39 Å². The van der Waals surface area contributed by atoms with E-state index >= 15 is 0 Å². The predicted octanol–water partition coefficient (Wildman–Crippen LogP) is 1.77. The van der Waals surface area contributed by atoms with Crippen LogP contribution in [0.5, 0.6) is 0 Å². The summed E-state index contributed by atoms with van der Waals surface area (Å²) in [5.74, 6) is 0. The second-order valence-electron chi connectivity index (χ2n) is 1.94. The van der Waals surface area contributed by atoms with Gasteiger partial charge in [0.1, 0.15) is 6.17 Å². The summed E-state index contributed by atoms with van der Waals surface area (Å²) in [6.07, 6.45) is 0.967. The Kier molecular flexibility index (Phi) is 10.8. The molecule has 0 aliphatic carbocycles. The fraction of sp³-hybridized carbons (Fsp3) is 1.00. The Hall–Kier alpha value is 0.180. The monoisotopic (exact) mass is 155 g/mol. The van der Waals surface area contributed by atoms with E-state index in [1.807, 2.05) is 6.92 Å². The highest BCUT2D eigenvalue weighted by Crippen LogP contribution is 1.98. The van der Waals surface area contributed by atoms with Gasteiger partial charge >= 0.3 is 0 Å². The van der Waals surface area contributed by atoms with E-state index in [0.29, 0.717) is 13.0 Å². The molecule has 3 heteroatoms. The summed E-state index contributed by atoms with van der Waals surface area (Å²) >= 11 is 0. The second-order valence-corrected chi connectivity index (χ2v) is 1.94. The quantitative estimate of drug-likeness (QED) is 0.653. The molecular formula is C6H15ClFN. The fourth-order valence-corrected chi connectivity index (χ4v) is 0.637. The van der Waals surface area contributed by atoms with E-state index in [9.17, 15) is 4.39 Å². The molecule has 1 nitrogen and oxygen atoms in total. The lowest BCUT2D eigenvalue weighted by atomic mass is 10.2. The van der Waals surface area contributed by atoms with Crippen molar-refractivity contribution >= 4 is 12.4 Å². The number of alkyl halides is 1. The first kappa shape index (κ1) is 11.9. The molecule has 1 atom stereocenters. The summed E-state index contributed by atoms with van der Waals surface area (Å²) in [5, 5.41) is 2.78. The van der Waals surface area contributed by atoms with Gasteiger partial charge in [0, 0.05) is 6.54 Å². The molecule has 0 heterocycles. The van der Waals surface area contributed by atoms with Crippen molar-refractivity contribution in [3.63, 3.8) is 0 Å². The molecular weight excluding hydrogens is 141 g/mol. The zero-order valence-electron chi connectivity index (χ0n) is 5.98. The highest BCUT2D eigenvalue weighted by molar-refractivity contribution is 5.85. The van der Waals surface area contributed by atoms with Gasteiger partial charge in [-0.25, -0.2) is 4.39 Å². The van der Waals surface area contributed by atoms with Crippen LogP contribution in [0.2, 0.25) is 0 Å². The van der Waals surface area contributed by atoms with E-state index in [1.54, 1.807) is 7.05 Å². The molecule has 0 aliphatic heterocycles. The third-order valence-corrected chi connectivity index (χ3v) is 1.03. The molecule has 1 unspecified atom stereocenters. The van der Waals surface area contributed by atoms with Gasteiger partial charge in [0.25, 0.3) is 0 Å². The molecule has 0 aromatic carbocycles. The van der Waals surface area contributed by atoms with Crippen molar-refractivity contribution in [2.45, 2.75) is 25.9 Å². The highest BCUT2D eigenvalue weighted by Gasteiger charge is 2.00. The van der Waals surface area contributed by atoms with Crippen LogP contribution in [-0.2, 0) is 0 Å². The van der Waals surface area contributed by atoms with Crippen molar-refractivity contribution in [1.29, 1.82) is 0 Å². The van der Waals surface area contributed by atoms with Gasteiger partial charge in [-0.2, -0.15) is 0 Å². The third-order valence-electron chi connectivity index (χ3n) is 1.03. The largest absolute Gasteiger partial charge is 0.317 e. The molecule has 0 saturated carbocycles. The van der Waals surface area contributed by atoms with Crippen LogP contribution >= 0.6 is 12.4 Å². The average Bonchev–Trinajstić information content (AvgIpc) is 1.68. The molecule has 0 fully saturated rings. The number of rotatable bonds is 4. The minimum atomic E-state index is -0.648. The van der Waals surface area contributed by atoms with Crippen molar-refractivity contribution < 1.29 is 4.39 Å². The minimum Gasteiger partial charge on any atom is -0.317 e. The summed E-state index contributed by atoms with van der Waals surface area (Å²) in [6, 6.07) is 0. The van der Waals surface area contributed by atoms with Crippen LogP contribution in [0.1, 0.15) is 19.8 Å². The SMILES string of the molecule is CCCC(F)CNC.Cl. The molecule has 1 N–H and O–H groups in total. The zero-order chi connectivity index (χ0) is 6.41. The molecule has 9 heavy (non-hydrogen) atoms. The van der Waals surface area contributed by atoms with Crippen molar-refractivity contribution in [2.24, 2.45) is 0 Å². The summed E-state index contributed by atoms with van der Waals surface area (Å²) in [5.41, 5.74) is 0. The lowest BCUT2D eigenvalue weighted by Gasteiger charge is -2.02. The maximum absolute atomic E-state index is 12.3. The number of nitrogens with one attached hydrogen (secondary N) is 1. The van der Waals surface area contributed by atoms with Crippen LogP contribution in [0.3, 0.4) is 0 Å². The average molecular weight is 156 g/mol. The van der Waals surface area contributed by atoms with E-state index in [2.05, 4.69) is 5.32 Å². The first-order chi connectivity index (χ1) is 3.81. The summed E-state index contributed by atoms with van der Waals surface area (Å²) in [4.78, 5) is 0. The number of hydrogen-bond acceptors (Lipinski definition) is 1. The number of halogens is 2. The molecule has 0 aromatic rings. The topological polar surface area (TPSA) is 12.0 Å². The van der Waals surface area contributed by atoms with E-state index in [-0.39, 0.29) is 12.4 Å². The van der Waals surface area contributed by atoms with Crippen LogP contribution in [0.15, 0.2) is 0 Å². The van der Waals surface area contributed by atoms with Crippen molar-refractivity contribution in [1.82, 2.24) is 5.32 Å². The maximum atomic E-state index is 12.3. The molecule has 58 valence electrons. The standard InChI is InChI=1S/C6H14FN.ClH/c1-3-4-6(7)5-8-2;/h6,8H,3-5H2,1-2H3;1H. The molecule has 0 amide bonds. The summed E-state index contributed by atoms with van der Waals surface area (Å²) < 4.78 is 12.3. The van der Waals surface area contributed by atoms with E-state index in [1.165, 1.54) is 0 Å². The second kappa shape index (κ2) is 8.18. The minimum absolute atomic E-state index is 0. The summed E-state index contributed by atoms with van der Waals surface area (Å²) in [7, 11) is 1.77. The smallest absolute Gasteiger partial charge is 0.112 e. The Morgan fingerprint density at radius 3 is 2.44 bits per heavy atom. The molecule has 0 aromatic heterocycles. The van der Waals surface area contributed by atoms with Crippen molar-refractivity contribution in [3.8, 4) is 0 Å². The van der Waals surface area contributed by atoms with Gasteiger partial charge < -0.3 is 5.32 Å². The van der Waals surface area contributed by atoms with Gasteiger partial charge in [-0.3, -0.25) is 0 Å². The van der Waals surface area contributed by atoms with E-state index in [0.717, 1.165) is 6.42 Å². The van der Waals surface area contributed by atoms with Gasteiger partial charge in [-0.1, -0.05) is 13.3 Å². The maximum Gasteiger partial charge on any atom is 0.112 e. The molecule has 0 rings (SSSR count). The van der Waals surface area contributed by atoms with Gasteiger partial charge in [-0.15, -0.1) is 12.4 Å². The first-order valence-corrected chi connectivity index (χ1v) is 3.10. The normalized spacial score (nSPS) is 12.3. The van der Waals surface area contributed by atoms with Gasteiger partial charge in [0.2, 0.25) is 0 Å². The highest BCUT2D eigenvalue weighted by atomic mass is 35.5. The summed E-state index contributed by atoms with van der Waals surface area (Å²) in [6.45, 7) is 2.48.